The van der Waals surface area contributed by atoms with E-state index in [4.69, 9.17) is 10.6 Å². The van der Waals surface area contributed by atoms with E-state index in [1.54, 1.807) is 12.4 Å². The van der Waals surface area contributed by atoms with Crippen molar-refractivity contribution in [2.24, 2.45) is 20.9 Å². The van der Waals surface area contributed by atoms with Crippen LogP contribution in [0.1, 0.15) is 5.56 Å². The van der Waals surface area contributed by atoms with Crippen LogP contribution in [0.2, 0.25) is 0 Å². The van der Waals surface area contributed by atoms with E-state index in [0.29, 0.717) is 17.5 Å². The lowest BCUT2D eigenvalue weighted by Crippen LogP contribution is -2.42. The number of quaternary nitrogens is 1. The van der Waals surface area contributed by atoms with Gasteiger partial charge in [0.15, 0.2) is 23.5 Å². The van der Waals surface area contributed by atoms with Crippen LogP contribution in [0.25, 0.3) is 6.08 Å². The molecule has 102 valence electrons. The molecule has 0 amide bonds. The number of hydrogen-bond donors (Lipinski definition) is 1. The highest BCUT2D eigenvalue weighted by molar-refractivity contribution is 6.05. The Hall–Kier alpha value is -2.99. The Morgan fingerprint density at radius 2 is 2.10 bits per heavy atom. The second-order valence-electron chi connectivity index (χ2n) is 4.79. The SMILES string of the molecule is NC1=C[N+]2(c3ccc4c(c3)C=CC=NO4)C=CC=NC2=N1. The largest absolute Gasteiger partial charge is 0.379 e. The molecule has 0 saturated carbocycles. The highest BCUT2D eigenvalue weighted by Gasteiger charge is 2.40. The van der Waals surface area contributed by atoms with E-state index in [9.17, 15) is 0 Å². The Bertz CT molecular complexity index is 800. The fourth-order valence-corrected chi connectivity index (χ4v) is 2.54. The first-order chi connectivity index (χ1) is 10.3. The number of hydrogen-bond acceptors (Lipinski definition) is 5. The number of nitrogens with two attached hydrogens (primary N) is 1. The van der Waals surface area contributed by atoms with Crippen molar-refractivity contribution in [3.8, 4) is 5.75 Å². The molecule has 0 aliphatic carbocycles. The van der Waals surface area contributed by atoms with E-state index in [0.717, 1.165) is 11.3 Å². The molecule has 3 aliphatic rings. The molecule has 2 N–H and O–H groups in total. The monoisotopic (exact) mass is 278 g/mol. The molecule has 3 aliphatic heterocycles. The molecule has 6 heteroatoms. The van der Waals surface area contributed by atoms with Crippen molar-refractivity contribution in [3.63, 3.8) is 0 Å². The zero-order valence-corrected chi connectivity index (χ0v) is 11.0. The summed E-state index contributed by atoms with van der Waals surface area (Å²) in [7, 11) is 0. The third-order valence-electron chi connectivity index (χ3n) is 3.49. The molecule has 0 aromatic heterocycles. The van der Waals surface area contributed by atoms with Crippen molar-refractivity contribution in [1.29, 1.82) is 0 Å². The lowest BCUT2D eigenvalue weighted by atomic mass is 10.1. The van der Waals surface area contributed by atoms with E-state index in [-0.39, 0.29) is 4.48 Å². The maximum absolute atomic E-state index is 5.87. The number of nitrogens with zero attached hydrogens (tertiary/aromatic N) is 4. The van der Waals surface area contributed by atoms with Crippen molar-refractivity contribution >= 4 is 30.2 Å². The molecule has 0 spiro atoms. The predicted octanol–water partition coefficient (Wildman–Crippen LogP) is 2.11. The second kappa shape index (κ2) is 4.26. The van der Waals surface area contributed by atoms with Gasteiger partial charge in [0.05, 0.1) is 6.21 Å². The van der Waals surface area contributed by atoms with Crippen molar-refractivity contribution in [2.75, 3.05) is 0 Å². The van der Waals surface area contributed by atoms with Gasteiger partial charge in [0, 0.05) is 30.0 Å². The standard InChI is InChI=1S/C15H12N5O/c16-14-10-20(8-2-6-17-15(20)19-14)12-4-5-13-11(9-12)3-1-7-18-21-13/h1-10H,16H2/q+1. The van der Waals surface area contributed by atoms with Gasteiger partial charge in [-0.15, -0.1) is 0 Å². The molecule has 6 nitrogen and oxygen atoms in total. The lowest BCUT2D eigenvalue weighted by Gasteiger charge is -2.26. The Morgan fingerprint density at radius 1 is 1.14 bits per heavy atom. The summed E-state index contributed by atoms with van der Waals surface area (Å²) in [5.74, 6) is 1.80. The van der Waals surface area contributed by atoms with Gasteiger partial charge in [-0.05, 0) is 18.2 Å². The van der Waals surface area contributed by atoms with Crippen LogP contribution in [0.15, 0.2) is 63.7 Å². The highest BCUT2D eigenvalue weighted by atomic mass is 16.6. The molecule has 0 fully saturated rings. The number of rotatable bonds is 1. The number of aliphatic imine (C=N–C) groups is 2. The summed E-state index contributed by atoms with van der Waals surface area (Å²) < 4.78 is 0.282. The van der Waals surface area contributed by atoms with Gasteiger partial charge in [-0.2, -0.15) is 14.5 Å². The minimum Gasteiger partial charge on any atom is -0.379 e. The van der Waals surface area contributed by atoms with Crippen molar-refractivity contribution in [2.45, 2.75) is 0 Å². The average Bonchev–Trinajstić information content (AvgIpc) is 2.68. The normalized spacial score (nSPS) is 24.8. The van der Waals surface area contributed by atoms with E-state index in [1.165, 1.54) is 0 Å². The summed E-state index contributed by atoms with van der Waals surface area (Å²) in [4.78, 5) is 13.9. The molecule has 1 atom stereocenters. The van der Waals surface area contributed by atoms with Gasteiger partial charge >= 0.3 is 5.96 Å². The van der Waals surface area contributed by atoms with Crippen LogP contribution < -0.4 is 15.1 Å². The second-order valence-corrected chi connectivity index (χ2v) is 4.79. The van der Waals surface area contributed by atoms with Gasteiger partial charge in [-0.25, -0.2) is 0 Å². The Morgan fingerprint density at radius 3 is 3.05 bits per heavy atom. The van der Waals surface area contributed by atoms with Gasteiger partial charge in [0.2, 0.25) is 0 Å². The highest BCUT2D eigenvalue weighted by Crippen LogP contribution is 2.36. The quantitative estimate of drug-likeness (QED) is 0.799. The third kappa shape index (κ3) is 1.73. The smallest absolute Gasteiger partial charge is 0.345 e. The van der Waals surface area contributed by atoms with E-state index in [1.807, 2.05) is 48.8 Å². The molecule has 3 heterocycles. The number of fused-ring (bicyclic) bond motifs is 2. The van der Waals surface area contributed by atoms with Crippen LogP contribution in [0, 0.1) is 0 Å². The Labute approximate surface area is 121 Å². The Kier molecular flexibility index (Phi) is 2.39. The number of allylic oxidation sites excluding steroid dienone is 2. The number of guanidine groups is 1. The predicted molar refractivity (Wildman–Crippen MR) is 83.7 cm³/mol. The van der Waals surface area contributed by atoms with Crippen LogP contribution in [0.3, 0.4) is 0 Å². The maximum atomic E-state index is 5.87. The van der Waals surface area contributed by atoms with E-state index in [2.05, 4.69) is 15.1 Å². The van der Waals surface area contributed by atoms with Gasteiger partial charge in [-0.3, -0.25) is 0 Å². The molecule has 4 rings (SSSR count). The van der Waals surface area contributed by atoms with Crippen LogP contribution in [-0.2, 0) is 0 Å². The van der Waals surface area contributed by atoms with Crippen molar-refractivity contribution in [1.82, 2.24) is 4.48 Å². The molecular formula is C15H12N5O+. The van der Waals surface area contributed by atoms with Crippen molar-refractivity contribution < 1.29 is 4.84 Å². The van der Waals surface area contributed by atoms with Crippen LogP contribution in [0.5, 0.6) is 5.75 Å². The minimum atomic E-state index is 0.282. The number of benzene rings is 1. The zero-order chi connectivity index (χ0) is 14.3. The summed E-state index contributed by atoms with van der Waals surface area (Å²) in [6.45, 7) is 0. The van der Waals surface area contributed by atoms with Gasteiger partial charge in [-0.1, -0.05) is 5.16 Å². The van der Waals surface area contributed by atoms with Gasteiger partial charge in [0.25, 0.3) is 0 Å². The topological polar surface area (TPSA) is 72.3 Å². The average molecular weight is 278 g/mol. The first-order valence-electron chi connectivity index (χ1n) is 6.47. The van der Waals surface area contributed by atoms with Crippen molar-refractivity contribution in [3.05, 3.63) is 54.1 Å². The van der Waals surface area contributed by atoms with Gasteiger partial charge < -0.3 is 10.6 Å². The first kappa shape index (κ1) is 11.8. The fraction of sp³-hybridized carbons (Fsp3) is 0. The maximum Gasteiger partial charge on any atom is 0.345 e. The van der Waals surface area contributed by atoms with Gasteiger partial charge in [0.1, 0.15) is 6.20 Å². The van der Waals surface area contributed by atoms with Crippen LogP contribution in [0.4, 0.5) is 5.69 Å². The summed E-state index contributed by atoms with van der Waals surface area (Å²) in [6, 6.07) is 5.87. The third-order valence-corrected chi connectivity index (χ3v) is 3.49. The molecule has 1 unspecified atom stereocenters. The Balaban J connectivity index is 1.88. The molecule has 21 heavy (non-hydrogen) atoms. The van der Waals surface area contributed by atoms with E-state index < -0.39 is 0 Å². The molecule has 1 aromatic carbocycles. The van der Waals surface area contributed by atoms with Crippen LogP contribution >= 0.6 is 0 Å². The molecule has 0 radical (unpaired) electrons. The fourth-order valence-electron chi connectivity index (χ4n) is 2.54. The lowest BCUT2D eigenvalue weighted by molar-refractivity contribution is 0.344. The summed E-state index contributed by atoms with van der Waals surface area (Å²) >= 11 is 0. The molecule has 0 bridgehead atoms. The summed E-state index contributed by atoms with van der Waals surface area (Å²) in [6.07, 6.45) is 12.8. The molecular weight excluding hydrogens is 266 g/mol. The van der Waals surface area contributed by atoms with E-state index >= 15 is 0 Å². The molecule has 1 aromatic rings. The number of oxime groups is 1. The first-order valence-corrected chi connectivity index (χ1v) is 6.47. The zero-order valence-electron chi connectivity index (χ0n) is 11.0. The summed E-state index contributed by atoms with van der Waals surface area (Å²) in [5.41, 5.74) is 7.80. The summed E-state index contributed by atoms with van der Waals surface area (Å²) in [5, 5.41) is 3.82. The minimum absolute atomic E-state index is 0.282. The van der Waals surface area contributed by atoms with Crippen LogP contribution in [-0.4, -0.2) is 18.4 Å². The molecule has 0 saturated heterocycles.